The maximum atomic E-state index is 12.7. The van der Waals surface area contributed by atoms with Crippen LogP contribution in [0.1, 0.15) is 42.9 Å². The molecule has 1 unspecified atom stereocenters. The van der Waals surface area contributed by atoms with Gasteiger partial charge in [-0.1, -0.05) is 36.4 Å². The molecule has 2 aromatic rings. The topological polar surface area (TPSA) is 72.3 Å². The van der Waals surface area contributed by atoms with Gasteiger partial charge in [-0.3, -0.25) is 14.7 Å². The molecule has 1 N–H and O–H groups in total. The molecule has 3 fully saturated rings. The fourth-order valence-corrected chi connectivity index (χ4v) is 5.45. The zero-order chi connectivity index (χ0) is 22.0. The van der Waals surface area contributed by atoms with Gasteiger partial charge in [-0.05, 0) is 37.0 Å². The van der Waals surface area contributed by atoms with Crippen LogP contribution in [0.3, 0.4) is 0 Å². The predicted molar refractivity (Wildman–Crippen MR) is 123 cm³/mol. The SMILES string of the molecule is N#CCC1(N2CCC(N[C@@H]3CC3c3ccccc3)CC2)CN(C(=O)Cc2ccccn2)C1. The summed E-state index contributed by atoms with van der Waals surface area (Å²) < 4.78 is 0. The normalized spacial score (nSPS) is 25.0. The summed E-state index contributed by atoms with van der Waals surface area (Å²) in [6, 6.07) is 20.0. The molecule has 3 heterocycles. The van der Waals surface area contributed by atoms with Gasteiger partial charge in [0.05, 0.1) is 24.4 Å². The molecule has 32 heavy (non-hydrogen) atoms. The van der Waals surface area contributed by atoms with Crippen LogP contribution in [0.5, 0.6) is 0 Å². The number of amides is 1. The molecule has 166 valence electrons. The van der Waals surface area contributed by atoms with Crippen molar-refractivity contribution in [2.75, 3.05) is 26.2 Å². The third kappa shape index (κ3) is 4.41. The highest BCUT2D eigenvalue weighted by molar-refractivity contribution is 5.79. The van der Waals surface area contributed by atoms with Crippen LogP contribution in [0, 0.1) is 11.3 Å². The summed E-state index contributed by atoms with van der Waals surface area (Å²) in [5, 5.41) is 13.3. The van der Waals surface area contributed by atoms with Gasteiger partial charge in [0, 0.05) is 56.1 Å². The summed E-state index contributed by atoms with van der Waals surface area (Å²) >= 11 is 0. The second-order valence-electron chi connectivity index (χ2n) is 9.59. The number of likely N-dealkylation sites (tertiary alicyclic amines) is 2. The minimum absolute atomic E-state index is 0.106. The van der Waals surface area contributed by atoms with Crippen molar-refractivity contribution in [1.29, 1.82) is 5.26 Å². The molecule has 2 saturated heterocycles. The van der Waals surface area contributed by atoms with Gasteiger partial charge in [0.25, 0.3) is 0 Å². The van der Waals surface area contributed by atoms with Crippen molar-refractivity contribution < 1.29 is 4.79 Å². The van der Waals surface area contributed by atoms with Crippen LogP contribution in [0.15, 0.2) is 54.7 Å². The monoisotopic (exact) mass is 429 g/mol. The standard InChI is InChI=1S/C26H31N5O/c27-12-11-26(18-30(19-26)25(32)16-22-8-4-5-13-28-22)31-14-9-21(10-15-31)29-24-17-23(24)20-6-2-1-3-7-20/h1-8,13,21,23-24,29H,9-11,14-19H2/t23?,24-/m1/s1. The molecular weight excluding hydrogens is 398 g/mol. The number of nitrogens with zero attached hydrogens (tertiary/aromatic N) is 4. The van der Waals surface area contributed by atoms with Crippen LogP contribution in [0.25, 0.3) is 0 Å². The molecular formula is C26H31N5O. The molecule has 0 bridgehead atoms. The van der Waals surface area contributed by atoms with Crippen molar-refractivity contribution in [3.05, 3.63) is 66.0 Å². The molecule has 0 spiro atoms. The Morgan fingerprint density at radius 2 is 1.88 bits per heavy atom. The Morgan fingerprint density at radius 3 is 2.56 bits per heavy atom. The molecule has 5 rings (SSSR count). The molecule has 1 amide bonds. The summed E-state index contributed by atoms with van der Waals surface area (Å²) in [5.74, 6) is 0.763. The van der Waals surface area contributed by atoms with Gasteiger partial charge in [0.1, 0.15) is 0 Å². The number of carbonyl (C=O) groups is 1. The molecule has 0 radical (unpaired) electrons. The average molecular weight is 430 g/mol. The lowest BCUT2D eigenvalue weighted by Gasteiger charge is -2.56. The molecule has 2 atom stereocenters. The van der Waals surface area contributed by atoms with Crippen LogP contribution in [-0.4, -0.2) is 64.5 Å². The van der Waals surface area contributed by atoms with E-state index in [1.807, 2.05) is 23.1 Å². The third-order valence-electron chi connectivity index (χ3n) is 7.42. The fraction of sp³-hybridized carbons (Fsp3) is 0.500. The highest BCUT2D eigenvalue weighted by Crippen LogP contribution is 2.41. The predicted octanol–water partition coefficient (Wildman–Crippen LogP) is 2.73. The molecule has 3 aliphatic rings. The van der Waals surface area contributed by atoms with E-state index in [0.717, 1.165) is 31.6 Å². The number of carbonyl (C=O) groups excluding carboxylic acids is 1. The minimum Gasteiger partial charge on any atom is -0.338 e. The number of piperidine rings is 1. The first-order valence-electron chi connectivity index (χ1n) is 11.8. The maximum absolute atomic E-state index is 12.7. The maximum Gasteiger partial charge on any atom is 0.228 e. The van der Waals surface area contributed by atoms with E-state index < -0.39 is 0 Å². The van der Waals surface area contributed by atoms with Crippen LogP contribution in [-0.2, 0) is 11.2 Å². The number of hydrogen-bond donors (Lipinski definition) is 1. The van der Waals surface area contributed by atoms with E-state index in [2.05, 4.69) is 51.6 Å². The highest BCUT2D eigenvalue weighted by atomic mass is 16.2. The van der Waals surface area contributed by atoms with Gasteiger partial charge in [-0.2, -0.15) is 5.26 Å². The molecule has 1 aromatic carbocycles. The Bertz CT molecular complexity index is 959. The van der Waals surface area contributed by atoms with E-state index in [1.165, 1.54) is 12.0 Å². The zero-order valence-electron chi connectivity index (χ0n) is 18.5. The second-order valence-corrected chi connectivity index (χ2v) is 9.59. The summed E-state index contributed by atoms with van der Waals surface area (Å²) in [6.45, 7) is 3.29. The lowest BCUT2D eigenvalue weighted by atomic mass is 9.82. The molecule has 1 saturated carbocycles. The Hall–Kier alpha value is -2.75. The van der Waals surface area contributed by atoms with Crippen molar-refractivity contribution in [3.63, 3.8) is 0 Å². The lowest BCUT2D eigenvalue weighted by Crippen LogP contribution is -2.72. The van der Waals surface area contributed by atoms with Gasteiger partial charge in [0.15, 0.2) is 0 Å². The molecule has 2 aliphatic heterocycles. The van der Waals surface area contributed by atoms with Crippen LogP contribution < -0.4 is 5.32 Å². The third-order valence-corrected chi connectivity index (χ3v) is 7.42. The smallest absolute Gasteiger partial charge is 0.228 e. The summed E-state index contributed by atoms with van der Waals surface area (Å²) in [7, 11) is 0. The van der Waals surface area contributed by atoms with E-state index in [0.29, 0.717) is 43.9 Å². The van der Waals surface area contributed by atoms with Gasteiger partial charge in [0.2, 0.25) is 5.91 Å². The van der Waals surface area contributed by atoms with Crippen molar-refractivity contribution in [3.8, 4) is 6.07 Å². The first kappa shape index (κ1) is 21.1. The molecule has 6 nitrogen and oxygen atoms in total. The van der Waals surface area contributed by atoms with Gasteiger partial charge < -0.3 is 10.2 Å². The van der Waals surface area contributed by atoms with E-state index in [9.17, 15) is 10.1 Å². The zero-order valence-corrected chi connectivity index (χ0v) is 18.5. The molecule has 1 aliphatic carbocycles. The Morgan fingerprint density at radius 1 is 1.12 bits per heavy atom. The van der Waals surface area contributed by atoms with Crippen LogP contribution >= 0.6 is 0 Å². The van der Waals surface area contributed by atoms with Crippen LogP contribution in [0.4, 0.5) is 0 Å². The summed E-state index contributed by atoms with van der Waals surface area (Å²) in [4.78, 5) is 21.3. The fourth-order valence-electron chi connectivity index (χ4n) is 5.45. The highest BCUT2D eigenvalue weighted by Gasteiger charge is 2.50. The Labute approximate surface area is 190 Å². The first-order chi connectivity index (χ1) is 15.7. The van der Waals surface area contributed by atoms with Crippen molar-refractivity contribution in [1.82, 2.24) is 20.1 Å². The number of nitrogens with one attached hydrogen (secondary N) is 1. The summed E-state index contributed by atoms with van der Waals surface area (Å²) in [5.41, 5.74) is 2.07. The molecule has 1 aromatic heterocycles. The van der Waals surface area contributed by atoms with Gasteiger partial charge >= 0.3 is 0 Å². The van der Waals surface area contributed by atoms with Crippen molar-refractivity contribution >= 4 is 5.91 Å². The Kier molecular flexibility index (Phi) is 5.95. The quantitative estimate of drug-likeness (QED) is 0.733. The van der Waals surface area contributed by atoms with E-state index in [-0.39, 0.29) is 11.4 Å². The molecule has 6 heteroatoms. The van der Waals surface area contributed by atoms with E-state index >= 15 is 0 Å². The first-order valence-corrected chi connectivity index (χ1v) is 11.8. The van der Waals surface area contributed by atoms with Gasteiger partial charge in [-0.25, -0.2) is 0 Å². The number of hydrogen-bond acceptors (Lipinski definition) is 5. The van der Waals surface area contributed by atoms with E-state index in [1.54, 1.807) is 6.20 Å². The lowest BCUT2D eigenvalue weighted by molar-refractivity contribution is -0.146. The number of rotatable bonds is 7. The van der Waals surface area contributed by atoms with Crippen molar-refractivity contribution in [2.45, 2.75) is 55.6 Å². The summed E-state index contributed by atoms with van der Waals surface area (Å²) in [6.07, 6.45) is 5.98. The minimum atomic E-state index is -0.175. The number of pyridine rings is 1. The average Bonchev–Trinajstić information content (AvgIpc) is 3.57. The van der Waals surface area contributed by atoms with Crippen molar-refractivity contribution in [2.24, 2.45) is 0 Å². The largest absolute Gasteiger partial charge is 0.338 e. The van der Waals surface area contributed by atoms with Crippen LogP contribution in [0.2, 0.25) is 0 Å². The Balaban J connectivity index is 1.11. The number of nitriles is 1. The number of aromatic nitrogens is 1. The van der Waals surface area contributed by atoms with E-state index in [4.69, 9.17) is 0 Å². The van der Waals surface area contributed by atoms with Gasteiger partial charge in [-0.15, -0.1) is 0 Å². The number of benzene rings is 1. The second kappa shape index (κ2) is 9.01.